The topological polar surface area (TPSA) is 54.0 Å². The zero-order valence-electron chi connectivity index (χ0n) is 8.29. The molecule has 1 unspecified atom stereocenters. The van der Waals surface area contributed by atoms with Gasteiger partial charge in [0.05, 0.1) is 0 Å². The van der Waals surface area contributed by atoms with Crippen LogP contribution >= 0.6 is 22.9 Å². The number of hydrogen-bond donors (Lipinski definition) is 2. The zero-order chi connectivity index (χ0) is 10.8. The van der Waals surface area contributed by atoms with Crippen LogP contribution in [0, 0.1) is 0 Å². The predicted molar refractivity (Wildman–Crippen MR) is 61.4 cm³/mol. The van der Waals surface area contributed by atoms with Crippen molar-refractivity contribution in [1.29, 1.82) is 0 Å². The van der Waals surface area contributed by atoms with Crippen molar-refractivity contribution in [2.45, 2.75) is 31.8 Å². The number of anilines is 1. The standard InChI is InChI=1S/C9H12ClN3OS/c1-5(8(14)12-6-2-3-6)11-9-13-7(10)4-15-9/h4-6H,2-3H2,1H3,(H,11,13)(H,12,14). The molecule has 82 valence electrons. The van der Waals surface area contributed by atoms with Gasteiger partial charge in [-0.05, 0) is 19.8 Å². The van der Waals surface area contributed by atoms with Gasteiger partial charge in [0.25, 0.3) is 0 Å². The number of thiazole rings is 1. The lowest BCUT2D eigenvalue weighted by Crippen LogP contribution is -2.38. The van der Waals surface area contributed by atoms with E-state index in [1.54, 1.807) is 5.38 Å². The summed E-state index contributed by atoms with van der Waals surface area (Å²) >= 11 is 7.07. The van der Waals surface area contributed by atoms with Crippen LogP contribution in [0.5, 0.6) is 0 Å². The molecule has 0 saturated heterocycles. The van der Waals surface area contributed by atoms with Crippen molar-refractivity contribution in [1.82, 2.24) is 10.3 Å². The lowest BCUT2D eigenvalue weighted by atomic mass is 10.3. The van der Waals surface area contributed by atoms with Crippen LogP contribution in [0.15, 0.2) is 5.38 Å². The smallest absolute Gasteiger partial charge is 0.242 e. The number of nitrogens with zero attached hydrogens (tertiary/aromatic N) is 1. The monoisotopic (exact) mass is 245 g/mol. The van der Waals surface area contributed by atoms with Gasteiger partial charge in [0.2, 0.25) is 5.91 Å². The van der Waals surface area contributed by atoms with Gasteiger partial charge in [0.15, 0.2) is 5.13 Å². The summed E-state index contributed by atoms with van der Waals surface area (Å²) in [5.74, 6) is 0.0174. The molecule has 1 aliphatic rings. The first-order chi connectivity index (χ1) is 7.15. The van der Waals surface area contributed by atoms with Crippen LogP contribution < -0.4 is 10.6 Å². The maximum atomic E-state index is 11.6. The average Bonchev–Trinajstić information content (AvgIpc) is 2.90. The summed E-state index contributed by atoms with van der Waals surface area (Å²) in [7, 11) is 0. The normalized spacial score (nSPS) is 17.2. The van der Waals surface area contributed by atoms with Crippen molar-refractivity contribution in [2.75, 3.05) is 5.32 Å². The molecule has 2 rings (SSSR count). The average molecular weight is 246 g/mol. The minimum absolute atomic E-state index is 0.0174. The van der Waals surface area contributed by atoms with Gasteiger partial charge in [0, 0.05) is 11.4 Å². The van der Waals surface area contributed by atoms with Crippen LogP contribution in [0.25, 0.3) is 0 Å². The van der Waals surface area contributed by atoms with E-state index < -0.39 is 0 Å². The number of rotatable bonds is 4. The van der Waals surface area contributed by atoms with E-state index in [9.17, 15) is 4.79 Å². The van der Waals surface area contributed by atoms with Gasteiger partial charge in [0.1, 0.15) is 11.2 Å². The first-order valence-electron chi connectivity index (χ1n) is 4.83. The van der Waals surface area contributed by atoms with Crippen molar-refractivity contribution in [3.63, 3.8) is 0 Å². The highest BCUT2D eigenvalue weighted by atomic mass is 35.5. The van der Waals surface area contributed by atoms with Crippen molar-refractivity contribution in [2.24, 2.45) is 0 Å². The van der Waals surface area contributed by atoms with Gasteiger partial charge in [-0.15, -0.1) is 11.3 Å². The summed E-state index contributed by atoms with van der Waals surface area (Å²) in [4.78, 5) is 15.6. The fourth-order valence-electron chi connectivity index (χ4n) is 1.13. The summed E-state index contributed by atoms with van der Waals surface area (Å²) in [5.41, 5.74) is 0. The maximum absolute atomic E-state index is 11.6. The first kappa shape index (κ1) is 10.7. The molecule has 1 saturated carbocycles. The van der Waals surface area contributed by atoms with Crippen molar-refractivity contribution < 1.29 is 4.79 Å². The predicted octanol–water partition coefficient (Wildman–Crippen LogP) is 1.88. The number of carbonyl (C=O) groups is 1. The quantitative estimate of drug-likeness (QED) is 0.852. The van der Waals surface area contributed by atoms with Gasteiger partial charge in [-0.1, -0.05) is 11.6 Å². The summed E-state index contributed by atoms with van der Waals surface area (Å²) in [6.45, 7) is 1.81. The van der Waals surface area contributed by atoms with Gasteiger partial charge in [-0.25, -0.2) is 4.98 Å². The van der Waals surface area contributed by atoms with E-state index in [1.165, 1.54) is 11.3 Å². The molecular formula is C9H12ClN3OS. The molecule has 0 aliphatic heterocycles. The highest BCUT2D eigenvalue weighted by molar-refractivity contribution is 7.14. The highest BCUT2D eigenvalue weighted by Gasteiger charge is 2.25. The second-order valence-corrected chi connectivity index (χ2v) is 4.87. The van der Waals surface area contributed by atoms with Crippen LogP contribution in [0.4, 0.5) is 5.13 Å². The van der Waals surface area contributed by atoms with Crippen LogP contribution in [0.2, 0.25) is 5.15 Å². The Balaban J connectivity index is 1.84. The number of halogens is 1. The van der Waals surface area contributed by atoms with Crippen molar-refractivity contribution in [3.05, 3.63) is 10.5 Å². The molecular weight excluding hydrogens is 234 g/mol. The van der Waals surface area contributed by atoms with E-state index in [2.05, 4.69) is 15.6 Å². The van der Waals surface area contributed by atoms with E-state index in [-0.39, 0.29) is 11.9 Å². The van der Waals surface area contributed by atoms with Crippen LogP contribution in [-0.4, -0.2) is 23.0 Å². The molecule has 0 aromatic carbocycles. The minimum Gasteiger partial charge on any atom is -0.352 e. The summed E-state index contributed by atoms with van der Waals surface area (Å²) in [6, 6.07) is 0.120. The van der Waals surface area contributed by atoms with E-state index >= 15 is 0 Å². The third-order valence-electron chi connectivity index (χ3n) is 2.13. The molecule has 1 aromatic heterocycles. The summed E-state index contributed by atoms with van der Waals surface area (Å²) in [6.07, 6.45) is 2.20. The molecule has 2 N–H and O–H groups in total. The van der Waals surface area contributed by atoms with Gasteiger partial charge >= 0.3 is 0 Å². The molecule has 1 fully saturated rings. The molecule has 1 heterocycles. The highest BCUT2D eigenvalue weighted by Crippen LogP contribution is 2.21. The van der Waals surface area contributed by atoms with E-state index in [0.29, 0.717) is 16.3 Å². The molecule has 4 nitrogen and oxygen atoms in total. The molecule has 0 bridgehead atoms. The summed E-state index contributed by atoms with van der Waals surface area (Å²) in [5, 5.41) is 8.80. The van der Waals surface area contributed by atoms with Crippen LogP contribution in [-0.2, 0) is 4.79 Å². The third-order valence-corrected chi connectivity index (χ3v) is 3.23. The Labute approximate surface area is 97.0 Å². The number of carbonyl (C=O) groups excluding carboxylic acids is 1. The molecule has 1 aliphatic carbocycles. The Morgan fingerprint density at radius 3 is 3.00 bits per heavy atom. The molecule has 0 radical (unpaired) electrons. The number of hydrogen-bond acceptors (Lipinski definition) is 4. The Hall–Kier alpha value is -0.810. The van der Waals surface area contributed by atoms with Gasteiger partial charge in [-0.2, -0.15) is 0 Å². The number of nitrogens with one attached hydrogen (secondary N) is 2. The summed E-state index contributed by atoms with van der Waals surface area (Å²) < 4.78 is 0. The van der Waals surface area contributed by atoms with Crippen LogP contribution in [0.3, 0.4) is 0 Å². The Morgan fingerprint density at radius 1 is 1.73 bits per heavy atom. The first-order valence-corrected chi connectivity index (χ1v) is 6.09. The van der Waals surface area contributed by atoms with Crippen LogP contribution in [0.1, 0.15) is 19.8 Å². The molecule has 1 aromatic rings. The molecule has 0 spiro atoms. The Morgan fingerprint density at radius 2 is 2.47 bits per heavy atom. The van der Waals surface area contributed by atoms with E-state index in [0.717, 1.165) is 12.8 Å². The minimum atomic E-state index is -0.271. The van der Waals surface area contributed by atoms with Gasteiger partial charge in [-0.3, -0.25) is 4.79 Å². The number of amides is 1. The second kappa shape index (κ2) is 4.37. The van der Waals surface area contributed by atoms with Crippen molar-refractivity contribution >= 4 is 34.0 Å². The third kappa shape index (κ3) is 3.07. The zero-order valence-corrected chi connectivity index (χ0v) is 9.86. The molecule has 1 amide bonds. The van der Waals surface area contributed by atoms with Gasteiger partial charge < -0.3 is 10.6 Å². The fourth-order valence-corrected chi connectivity index (χ4v) is 2.05. The molecule has 6 heteroatoms. The molecule has 15 heavy (non-hydrogen) atoms. The molecule has 1 atom stereocenters. The Kier molecular flexibility index (Phi) is 3.11. The van der Waals surface area contributed by atoms with E-state index in [1.807, 2.05) is 6.92 Å². The fraction of sp³-hybridized carbons (Fsp3) is 0.556. The second-order valence-electron chi connectivity index (χ2n) is 3.62. The van der Waals surface area contributed by atoms with Crippen molar-refractivity contribution in [3.8, 4) is 0 Å². The van der Waals surface area contributed by atoms with E-state index in [4.69, 9.17) is 11.6 Å². The lowest BCUT2D eigenvalue weighted by Gasteiger charge is -2.12. The Bertz CT molecular complexity index is 364. The maximum Gasteiger partial charge on any atom is 0.242 e. The SMILES string of the molecule is CC(Nc1nc(Cl)cs1)C(=O)NC1CC1. The number of aromatic nitrogens is 1. The largest absolute Gasteiger partial charge is 0.352 e. The lowest BCUT2D eigenvalue weighted by molar-refractivity contribution is -0.121.